The van der Waals surface area contributed by atoms with Crippen LogP contribution >= 0.6 is 15.9 Å². The van der Waals surface area contributed by atoms with Crippen LogP contribution in [0.4, 0.5) is 10.1 Å². The molecule has 0 aliphatic rings. The first-order chi connectivity index (χ1) is 11.3. The average molecular weight is 400 g/mol. The number of nitrogens with one attached hydrogen (secondary N) is 2. The van der Waals surface area contributed by atoms with Gasteiger partial charge in [-0.3, -0.25) is 5.01 Å². The van der Waals surface area contributed by atoms with Gasteiger partial charge in [-0.15, -0.1) is 0 Å². The van der Waals surface area contributed by atoms with Crippen LogP contribution in [0.2, 0.25) is 0 Å². The molecule has 8 heteroatoms. The highest BCUT2D eigenvalue weighted by molar-refractivity contribution is 9.11. The number of nitrogens with two attached hydrogens (primary N) is 2. The summed E-state index contributed by atoms with van der Waals surface area (Å²) in [4.78, 5) is 0. The Bertz CT molecular complexity index is 645. The maximum atomic E-state index is 13.4. The van der Waals surface area contributed by atoms with Crippen LogP contribution in [0, 0.1) is 11.2 Å². The van der Waals surface area contributed by atoms with Crippen molar-refractivity contribution in [2.75, 3.05) is 11.6 Å². The number of rotatable bonds is 8. The lowest BCUT2D eigenvalue weighted by Gasteiger charge is -2.26. The number of anilines is 1. The second-order valence-electron chi connectivity index (χ2n) is 5.10. The normalized spacial score (nSPS) is 14.0. The Hall–Kier alpha value is -1.90. The fourth-order valence-corrected chi connectivity index (χ4v) is 2.65. The van der Waals surface area contributed by atoms with Gasteiger partial charge >= 0.3 is 0 Å². The van der Waals surface area contributed by atoms with Gasteiger partial charge in [0.25, 0.3) is 0 Å². The molecule has 1 aromatic rings. The number of halogens is 2. The molecule has 0 heterocycles. The summed E-state index contributed by atoms with van der Waals surface area (Å²) in [6.45, 7) is 4.16. The molecule has 6 nitrogen and oxygen atoms in total. The number of hydrogen-bond donors (Lipinski definition) is 5. The quantitative estimate of drug-likeness (QED) is 0.199. The highest BCUT2D eigenvalue weighted by Gasteiger charge is 2.17. The zero-order valence-corrected chi connectivity index (χ0v) is 15.3. The first kappa shape index (κ1) is 20.1. The van der Waals surface area contributed by atoms with Gasteiger partial charge in [-0.05, 0) is 48.0 Å². The Morgan fingerprint density at radius 2 is 2.21 bits per heavy atom. The summed E-state index contributed by atoms with van der Waals surface area (Å²) in [5.74, 6) is 5.67. The molecule has 0 aliphatic carbocycles. The van der Waals surface area contributed by atoms with Crippen molar-refractivity contribution in [3.05, 3.63) is 51.7 Å². The van der Waals surface area contributed by atoms with Gasteiger partial charge in [-0.25, -0.2) is 10.2 Å². The van der Waals surface area contributed by atoms with E-state index < -0.39 is 11.9 Å². The number of hydrazine groups is 1. The summed E-state index contributed by atoms with van der Waals surface area (Å²) in [5, 5.41) is 21.8. The van der Waals surface area contributed by atoms with Crippen LogP contribution in [0.5, 0.6) is 0 Å². The topological polar surface area (TPSA) is 111 Å². The fraction of sp³-hybridized carbons (Fsp3) is 0.312. The number of benzene rings is 1. The number of nitrogens with zero attached hydrogens (tertiary/aromatic N) is 1. The number of hydrogen-bond acceptors (Lipinski definition) is 6. The van der Waals surface area contributed by atoms with Gasteiger partial charge in [0.2, 0.25) is 0 Å². The Morgan fingerprint density at radius 3 is 2.71 bits per heavy atom. The minimum absolute atomic E-state index is 0.278. The van der Waals surface area contributed by atoms with E-state index in [1.54, 1.807) is 0 Å². The maximum absolute atomic E-state index is 13.4. The second kappa shape index (κ2) is 9.41. The van der Waals surface area contributed by atoms with Gasteiger partial charge in [-0.2, -0.15) is 0 Å². The molecular formula is C16H23BrFN5O. The lowest BCUT2D eigenvalue weighted by Crippen LogP contribution is -2.32. The molecule has 1 rings (SSSR count). The van der Waals surface area contributed by atoms with Crippen molar-refractivity contribution in [1.29, 1.82) is 5.41 Å². The van der Waals surface area contributed by atoms with E-state index in [0.717, 1.165) is 0 Å². The highest BCUT2D eigenvalue weighted by Crippen LogP contribution is 2.29. The number of allylic oxidation sites excluding steroid dienone is 1. The molecule has 0 aliphatic heterocycles. The molecule has 1 aromatic carbocycles. The molecule has 1 unspecified atom stereocenters. The van der Waals surface area contributed by atoms with E-state index >= 15 is 0 Å². The van der Waals surface area contributed by atoms with Crippen molar-refractivity contribution in [3.63, 3.8) is 0 Å². The Morgan fingerprint density at radius 1 is 1.54 bits per heavy atom. The summed E-state index contributed by atoms with van der Waals surface area (Å²) in [5.41, 5.74) is 7.62. The smallest absolute Gasteiger partial charge is 0.123 e. The van der Waals surface area contributed by atoms with E-state index in [9.17, 15) is 9.50 Å². The zero-order valence-electron chi connectivity index (χ0n) is 13.7. The standard InChI is InChI=1S/C16H23BrFN5O/c1-3-22-16(17)11(8-19)6-13(9-20)23(21)15-5-4-12(18)7-14(15)10(2)24/h4-5,7-10,19,22,24H,3,6,20-21H2,1-2H3/b13-9-,16-11-,19-8?. The average Bonchev–Trinajstić information content (AvgIpc) is 2.55. The molecule has 0 saturated heterocycles. The molecule has 132 valence electrons. The van der Waals surface area contributed by atoms with Crippen molar-refractivity contribution >= 4 is 27.8 Å². The molecule has 0 aromatic heterocycles. The predicted molar refractivity (Wildman–Crippen MR) is 99.0 cm³/mol. The fourth-order valence-electron chi connectivity index (χ4n) is 2.11. The largest absolute Gasteiger partial charge is 0.403 e. The first-order valence-corrected chi connectivity index (χ1v) is 8.21. The van der Waals surface area contributed by atoms with E-state index in [2.05, 4.69) is 21.2 Å². The van der Waals surface area contributed by atoms with Crippen molar-refractivity contribution in [3.8, 4) is 0 Å². The maximum Gasteiger partial charge on any atom is 0.123 e. The van der Waals surface area contributed by atoms with Crippen LogP contribution in [0.1, 0.15) is 31.9 Å². The first-order valence-electron chi connectivity index (χ1n) is 7.41. The van der Waals surface area contributed by atoms with E-state index in [1.165, 1.54) is 42.5 Å². The molecule has 0 fully saturated rings. The van der Waals surface area contributed by atoms with E-state index in [4.69, 9.17) is 17.0 Å². The third-order valence-corrected chi connectivity index (χ3v) is 4.15. The SMILES string of the molecule is CCN/C(Br)=C(\C=N)C/C(=C/N)N(N)c1ccc(F)cc1C(C)O. The van der Waals surface area contributed by atoms with Gasteiger partial charge < -0.3 is 21.6 Å². The monoisotopic (exact) mass is 399 g/mol. The molecule has 0 spiro atoms. The highest BCUT2D eigenvalue weighted by atomic mass is 79.9. The van der Waals surface area contributed by atoms with Crippen molar-refractivity contribution in [2.45, 2.75) is 26.4 Å². The van der Waals surface area contributed by atoms with E-state index in [-0.39, 0.29) is 6.42 Å². The van der Waals surface area contributed by atoms with Crippen LogP contribution in [0.3, 0.4) is 0 Å². The summed E-state index contributed by atoms with van der Waals surface area (Å²) < 4.78 is 14.1. The summed E-state index contributed by atoms with van der Waals surface area (Å²) >= 11 is 3.38. The summed E-state index contributed by atoms with van der Waals surface area (Å²) in [6.07, 6.45) is 1.91. The van der Waals surface area contributed by atoms with Crippen LogP contribution in [0.15, 0.2) is 40.3 Å². The third kappa shape index (κ3) is 5.05. The Labute approximate surface area is 149 Å². The van der Waals surface area contributed by atoms with Crippen molar-refractivity contribution in [2.24, 2.45) is 11.6 Å². The molecular weight excluding hydrogens is 377 g/mol. The lowest BCUT2D eigenvalue weighted by atomic mass is 10.1. The lowest BCUT2D eigenvalue weighted by molar-refractivity contribution is 0.199. The van der Waals surface area contributed by atoms with Crippen LogP contribution in [-0.2, 0) is 0 Å². The van der Waals surface area contributed by atoms with Gasteiger partial charge in [0.15, 0.2) is 0 Å². The second-order valence-corrected chi connectivity index (χ2v) is 5.89. The summed E-state index contributed by atoms with van der Waals surface area (Å²) in [7, 11) is 0. The number of aliphatic hydroxyl groups is 1. The third-order valence-electron chi connectivity index (χ3n) is 3.36. The van der Waals surface area contributed by atoms with Crippen LogP contribution in [-0.4, -0.2) is 17.9 Å². The Kier molecular flexibility index (Phi) is 7.90. The molecule has 0 saturated carbocycles. The minimum atomic E-state index is -0.896. The summed E-state index contributed by atoms with van der Waals surface area (Å²) in [6, 6.07) is 3.97. The van der Waals surface area contributed by atoms with Crippen molar-refractivity contribution in [1.82, 2.24) is 5.32 Å². The van der Waals surface area contributed by atoms with Gasteiger partial charge in [0.1, 0.15) is 5.82 Å². The van der Waals surface area contributed by atoms with Gasteiger partial charge in [-0.1, -0.05) is 0 Å². The minimum Gasteiger partial charge on any atom is -0.403 e. The molecule has 0 bridgehead atoms. The molecule has 0 radical (unpaired) electrons. The van der Waals surface area contributed by atoms with Crippen LogP contribution in [0.25, 0.3) is 0 Å². The predicted octanol–water partition coefficient (Wildman–Crippen LogP) is 2.61. The molecule has 24 heavy (non-hydrogen) atoms. The Balaban J connectivity index is 3.18. The molecule has 0 amide bonds. The van der Waals surface area contributed by atoms with Gasteiger partial charge in [0.05, 0.1) is 22.1 Å². The van der Waals surface area contributed by atoms with Gasteiger partial charge in [0, 0.05) is 36.5 Å². The van der Waals surface area contributed by atoms with Crippen LogP contribution < -0.4 is 21.9 Å². The van der Waals surface area contributed by atoms with E-state index in [1.807, 2.05) is 6.92 Å². The van der Waals surface area contributed by atoms with E-state index in [0.29, 0.717) is 33.7 Å². The molecule has 7 N–H and O–H groups in total. The molecule has 1 atom stereocenters. The van der Waals surface area contributed by atoms with Crippen molar-refractivity contribution < 1.29 is 9.50 Å². The zero-order chi connectivity index (χ0) is 18.3. The number of aliphatic hydroxyl groups excluding tert-OH is 1.